The van der Waals surface area contributed by atoms with Crippen LogP contribution in [0.15, 0.2) is 22.7 Å². The molecule has 2 aromatic heterocycles. The van der Waals surface area contributed by atoms with Gasteiger partial charge < -0.3 is 4.42 Å². The van der Waals surface area contributed by atoms with Crippen LogP contribution in [0.25, 0.3) is 10.4 Å². The Bertz CT molecular complexity index is 367. The average Bonchev–Trinajstić information content (AvgIpc) is 2.27. The summed E-state index contributed by atoms with van der Waals surface area (Å²) in [5.74, 6) is 0. The van der Waals surface area contributed by atoms with Crippen molar-refractivity contribution in [3.63, 3.8) is 0 Å². The maximum absolute atomic E-state index is 5.14. The van der Waals surface area contributed by atoms with Crippen LogP contribution in [0.5, 0.6) is 0 Å². The second kappa shape index (κ2) is 2.14. The fraction of sp³-hybridized carbons (Fsp3) is 0. The summed E-state index contributed by atoms with van der Waals surface area (Å²) in [4.78, 5) is 4.93. The first-order valence-electron chi connectivity index (χ1n) is 2.71. The minimum Gasteiger partial charge on any atom is -0.433 e. The average molecular weight is 169 g/mol. The van der Waals surface area contributed by atoms with Gasteiger partial charge in [-0.25, -0.2) is 4.98 Å². The van der Waals surface area contributed by atoms with Gasteiger partial charge in [-0.1, -0.05) is 11.3 Å². The van der Waals surface area contributed by atoms with Gasteiger partial charge >= 0.3 is 0 Å². The molecule has 0 saturated heterocycles. The highest BCUT2D eigenvalue weighted by atomic mass is 32.1. The van der Waals surface area contributed by atoms with Crippen LogP contribution in [0.1, 0.15) is 0 Å². The van der Waals surface area contributed by atoms with E-state index in [4.69, 9.17) is 16.6 Å². The van der Waals surface area contributed by atoms with Gasteiger partial charge in [-0.3, -0.25) is 0 Å². The highest BCUT2D eigenvalue weighted by molar-refractivity contribution is 7.73. The highest BCUT2D eigenvalue weighted by Crippen LogP contribution is 2.18. The SMILES string of the molecule is S=c1oc2cccnc2s1. The Hall–Kier alpha value is -0.740. The molecule has 0 N–H and O–H groups in total. The molecule has 0 fully saturated rings. The lowest BCUT2D eigenvalue weighted by molar-refractivity contribution is 0.608. The minimum atomic E-state index is 0.536. The van der Waals surface area contributed by atoms with Crippen LogP contribution < -0.4 is 0 Å². The summed E-state index contributed by atoms with van der Waals surface area (Å²) in [5, 5.41) is 0. The van der Waals surface area contributed by atoms with Crippen molar-refractivity contribution in [1.29, 1.82) is 0 Å². The quantitative estimate of drug-likeness (QED) is 0.567. The Morgan fingerprint density at radius 1 is 1.60 bits per heavy atom. The van der Waals surface area contributed by atoms with Gasteiger partial charge in [0.1, 0.15) is 0 Å². The van der Waals surface area contributed by atoms with Crippen molar-refractivity contribution in [2.75, 3.05) is 0 Å². The molecule has 2 nitrogen and oxygen atoms in total. The lowest BCUT2D eigenvalue weighted by Gasteiger charge is -1.79. The van der Waals surface area contributed by atoms with Crippen LogP contribution >= 0.6 is 23.6 Å². The first-order chi connectivity index (χ1) is 4.86. The van der Waals surface area contributed by atoms with Crippen molar-refractivity contribution >= 4 is 34.0 Å². The molecule has 0 aliphatic rings. The van der Waals surface area contributed by atoms with Crippen molar-refractivity contribution in [3.05, 3.63) is 22.4 Å². The molecule has 0 saturated carbocycles. The van der Waals surface area contributed by atoms with Gasteiger partial charge in [0, 0.05) is 6.20 Å². The molecule has 2 heterocycles. The zero-order valence-electron chi connectivity index (χ0n) is 4.90. The van der Waals surface area contributed by atoms with E-state index in [0.29, 0.717) is 4.02 Å². The highest BCUT2D eigenvalue weighted by Gasteiger charge is 1.96. The molecule has 0 atom stereocenters. The van der Waals surface area contributed by atoms with Crippen LogP contribution in [-0.2, 0) is 0 Å². The van der Waals surface area contributed by atoms with Crippen molar-refractivity contribution in [3.8, 4) is 0 Å². The van der Waals surface area contributed by atoms with Gasteiger partial charge in [0.15, 0.2) is 10.4 Å². The third-order valence-corrected chi connectivity index (χ3v) is 2.19. The summed E-state index contributed by atoms with van der Waals surface area (Å²) in [5.41, 5.74) is 0.775. The topological polar surface area (TPSA) is 26.0 Å². The van der Waals surface area contributed by atoms with Crippen molar-refractivity contribution in [2.45, 2.75) is 0 Å². The Balaban J connectivity index is 3.01. The molecule has 2 rings (SSSR count). The maximum Gasteiger partial charge on any atom is 0.249 e. The fourth-order valence-electron chi connectivity index (χ4n) is 0.720. The number of aromatic nitrogens is 1. The summed E-state index contributed by atoms with van der Waals surface area (Å²) in [6.45, 7) is 0. The second-order valence-electron chi connectivity index (χ2n) is 1.76. The molecule has 0 bridgehead atoms. The minimum absolute atomic E-state index is 0.536. The van der Waals surface area contributed by atoms with E-state index in [1.807, 2.05) is 12.1 Å². The summed E-state index contributed by atoms with van der Waals surface area (Å²) in [6.07, 6.45) is 1.73. The van der Waals surface area contributed by atoms with Crippen molar-refractivity contribution in [2.24, 2.45) is 0 Å². The first-order valence-corrected chi connectivity index (χ1v) is 3.93. The Kier molecular flexibility index (Phi) is 1.28. The summed E-state index contributed by atoms with van der Waals surface area (Å²) in [6, 6.07) is 3.68. The monoisotopic (exact) mass is 169 g/mol. The van der Waals surface area contributed by atoms with E-state index in [1.54, 1.807) is 6.20 Å². The molecule has 0 radical (unpaired) electrons. The standard InChI is InChI=1S/C6H3NOS2/c9-6-8-4-2-1-3-7-5(4)10-6/h1-3H. The van der Waals surface area contributed by atoms with Crippen LogP contribution in [0.3, 0.4) is 0 Å². The predicted octanol–water partition coefficient (Wildman–Crippen LogP) is 2.62. The summed E-state index contributed by atoms with van der Waals surface area (Å²) >= 11 is 6.21. The third-order valence-electron chi connectivity index (χ3n) is 1.11. The van der Waals surface area contributed by atoms with Gasteiger partial charge in [-0.05, 0) is 24.4 Å². The molecule has 4 heteroatoms. The van der Waals surface area contributed by atoms with E-state index in [9.17, 15) is 0 Å². The Morgan fingerprint density at radius 2 is 2.50 bits per heavy atom. The molecule has 0 unspecified atom stereocenters. The molecular formula is C6H3NOS2. The van der Waals surface area contributed by atoms with Crippen LogP contribution in [-0.4, -0.2) is 4.98 Å². The number of hydrogen-bond donors (Lipinski definition) is 0. The number of rotatable bonds is 0. The van der Waals surface area contributed by atoms with E-state index < -0.39 is 0 Å². The van der Waals surface area contributed by atoms with Gasteiger partial charge in [0.05, 0.1) is 0 Å². The number of fused-ring (bicyclic) bond motifs is 1. The van der Waals surface area contributed by atoms with Crippen LogP contribution in [0.4, 0.5) is 0 Å². The fourth-order valence-corrected chi connectivity index (χ4v) is 1.66. The lowest BCUT2D eigenvalue weighted by atomic mass is 10.5. The molecule has 10 heavy (non-hydrogen) atoms. The van der Waals surface area contributed by atoms with E-state index in [2.05, 4.69) is 4.98 Å². The van der Waals surface area contributed by atoms with Gasteiger partial charge in [-0.2, -0.15) is 0 Å². The van der Waals surface area contributed by atoms with Gasteiger partial charge in [0.2, 0.25) is 4.02 Å². The van der Waals surface area contributed by atoms with Crippen molar-refractivity contribution < 1.29 is 4.42 Å². The number of nitrogens with zero attached hydrogens (tertiary/aromatic N) is 1. The summed E-state index contributed by atoms with van der Waals surface area (Å²) < 4.78 is 5.67. The molecule has 50 valence electrons. The number of pyridine rings is 1. The maximum atomic E-state index is 5.14. The summed E-state index contributed by atoms with van der Waals surface area (Å²) in [7, 11) is 0. The smallest absolute Gasteiger partial charge is 0.249 e. The lowest BCUT2D eigenvalue weighted by Crippen LogP contribution is -1.65. The Labute approximate surface area is 66.1 Å². The zero-order chi connectivity index (χ0) is 6.97. The zero-order valence-corrected chi connectivity index (χ0v) is 6.54. The van der Waals surface area contributed by atoms with Crippen LogP contribution in [0.2, 0.25) is 0 Å². The van der Waals surface area contributed by atoms with Crippen LogP contribution in [0, 0.1) is 4.02 Å². The Morgan fingerprint density at radius 3 is 3.30 bits per heavy atom. The van der Waals surface area contributed by atoms with Gasteiger partial charge in [0.25, 0.3) is 0 Å². The third kappa shape index (κ3) is 0.853. The van der Waals surface area contributed by atoms with Gasteiger partial charge in [-0.15, -0.1) is 0 Å². The van der Waals surface area contributed by atoms with E-state index in [-0.39, 0.29) is 0 Å². The second-order valence-corrected chi connectivity index (χ2v) is 3.35. The van der Waals surface area contributed by atoms with E-state index >= 15 is 0 Å². The predicted molar refractivity (Wildman–Crippen MR) is 42.7 cm³/mol. The largest absolute Gasteiger partial charge is 0.433 e. The molecule has 0 amide bonds. The number of hydrogen-bond acceptors (Lipinski definition) is 4. The molecule has 2 aromatic rings. The van der Waals surface area contributed by atoms with Crippen molar-refractivity contribution in [1.82, 2.24) is 4.98 Å². The molecule has 0 aliphatic carbocycles. The molecular weight excluding hydrogens is 166 g/mol. The normalized spacial score (nSPS) is 10.4. The van der Waals surface area contributed by atoms with E-state index in [0.717, 1.165) is 10.4 Å². The first kappa shape index (κ1) is 6.00. The molecule has 0 aliphatic heterocycles. The molecule has 0 aromatic carbocycles. The molecule has 0 spiro atoms. The van der Waals surface area contributed by atoms with E-state index in [1.165, 1.54) is 11.3 Å².